The molecule has 0 aliphatic carbocycles. The molecule has 0 radical (unpaired) electrons. The molecule has 5 nitrogen and oxygen atoms in total. The van der Waals surface area contributed by atoms with Gasteiger partial charge in [-0.25, -0.2) is 9.67 Å². The van der Waals surface area contributed by atoms with Crippen molar-refractivity contribution in [1.82, 2.24) is 19.7 Å². The van der Waals surface area contributed by atoms with E-state index in [1.165, 1.54) is 0 Å². The first-order valence-corrected chi connectivity index (χ1v) is 5.85. The van der Waals surface area contributed by atoms with Crippen molar-refractivity contribution in [3.63, 3.8) is 0 Å². The Kier molecular flexibility index (Phi) is 2.31. The molecule has 0 spiro atoms. The molecule has 3 heterocycles. The fourth-order valence-corrected chi connectivity index (χ4v) is 2.00. The monoisotopic (exact) mass is 229 g/mol. The van der Waals surface area contributed by atoms with Crippen LogP contribution in [-0.4, -0.2) is 26.3 Å². The number of aromatic nitrogens is 4. The Balaban J connectivity index is 2.00. The van der Waals surface area contributed by atoms with Crippen LogP contribution in [0.15, 0.2) is 18.2 Å². The highest BCUT2D eigenvalue weighted by Gasteiger charge is 2.18. The quantitative estimate of drug-likeness (QED) is 0.808. The molecule has 0 saturated heterocycles. The lowest BCUT2D eigenvalue weighted by atomic mass is 10.1. The number of pyridine rings is 1. The van der Waals surface area contributed by atoms with Crippen LogP contribution < -0.4 is 5.32 Å². The van der Waals surface area contributed by atoms with Gasteiger partial charge in [0, 0.05) is 18.8 Å². The smallest absolute Gasteiger partial charge is 0.221 e. The summed E-state index contributed by atoms with van der Waals surface area (Å²) in [6, 6.07) is 5.89. The van der Waals surface area contributed by atoms with Gasteiger partial charge in [-0.15, -0.1) is 5.10 Å². The first kappa shape index (κ1) is 10.3. The number of fused-ring (bicyclic) bond motifs is 1. The van der Waals surface area contributed by atoms with Crippen molar-refractivity contribution < 1.29 is 0 Å². The predicted octanol–water partition coefficient (Wildman–Crippen LogP) is 1.71. The average Bonchev–Trinajstić information content (AvgIpc) is 2.72. The van der Waals surface area contributed by atoms with E-state index in [2.05, 4.69) is 27.3 Å². The summed E-state index contributed by atoms with van der Waals surface area (Å²) in [5, 5.41) is 7.77. The van der Waals surface area contributed by atoms with Gasteiger partial charge in [0.2, 0.25) is 11.8 Å². The summed E-state index contributed by atoms with van der Waals surface area (Å²) in [6.45, 7) is 6.04. The number of nitrogens with zero attached hydrogens (tertiary/aromatic N) is 4. The van der Waals surface area contributed by atoms with E-state index in [-0.39, 0.29) is 0 Å². The molecule has 0 fully saturated rings. The molecule has 1 unspecified atom stereocenters. The third-order valence-electron chi connectivity index (χ3n) is 2.88. The lowest BCUT2D eigenvalue weighted by Gasteiger charge is -2.19. The van der Waals surface area contributed by atoms with Gasteiger partial charge in [0.1, 0.15) is 5.69 Å². The Hall–Kier alpha value is -1.91. The normalized spacial score (nSPS) is 18.6. The number of rotatable bonds is 1. The molecule has 5 heteroatoms. The number of hydrogen-bond acceptors (Lipinski definition) is 4. The molecule has 1 N–H and O–H groups in total. The highest BCUT2D eigenvalue weighted by molar-refractivity contribution is 5.51. The van der Waals surface area contributed by atoms with Gasteiger partial charge in [-0.2, -0.15) is 4.98 Å². The largest absolute Gasteiger partial charge is 0.354 e. The van der Waals surface area contributed by atoms with E-state index in [0.29, 0.717) is 11.7 Å². The van der Waals surface area contributed by atoms with Crippen LogP contribution in [-0.2, 0) is 6.54 Å². The molecule has 88 valence electrons. The van der Waals surface area contributed by atoms with Gasteiger partial charge in [-0.05, 0) is 25.0 Å². The molecule has 2 aromatic heterocycles. The van der Waals surface area contributed by atoms with Gasteiger partial charge in [0.15, 0.2) is 0 Å². The Morgan fingerprint density at radius 2 is 2.24 bits per heavy atom. The van der Waals surface area contributed by atoms with E-state index in [0.717, 1.165) is 30.4 Å². The molecule has 1 aliphatic rings. The molecular weight excluding hydrogens is 214 g/mol. The fourth-order valence-electron chi connectivity index (χ4n) is 2.00. The van der Waals surface area contributed by atoms with Gasteiger partial charge in [0.05, 0.1) is 0 Å². The summed E-state index contributed by atoms with van der Waals surface area (Å²) in [5.74, 6) is 2.13. The third kappa shape index (κ3) is 1.88. The summed E-state index contributed by atoms with van der Waals surface area (Å²) < 4.78 is 1.92. The summed E-state index contributed by atoms with van der Waals surface area (Å²) in [6.07, 6.45) is 0. The second kappa shape index (κ2) is 3.84. The number of aryl methyl sites for hydroxylation is 1. The number of anilines is 1. The van der Waals surface area contributed by atoms with E-state index in [9.17, 15) is 0 Å². The first-order chi connectivity index (χ1) is 8.22. The third-order valence-corrected chi connectivity index (χ3v) is 2.88. The van der Waals surface area contributed by atoms with Crippen molar-refractivity contribution in [3.05, 3.63) is 23.9 Å². The maximum atomic E-state index is 4.49. The minimum absolute atomic E-state index is 0.586. The Labute approximate surface area is 99.9 Å². The van der Waals surface area contributed by atoms with Crippen LogP contribution in [0.1, 0.15) is 12.6 Å². The number of nitrogens with one attached hydrogen (secondary N) is 1. The second-order valence-electron chi connectivity index (χ2n) is 4.59. The van der Waals surface area contributed by atoms with Crippen molar-refractivity contribution in [2.24, 2.45) is 5.92 Å². The molecule has 3 rings (SSSR count). The van der Waals surface area contributed by atoms with Crippen LogP contribution in [0.25, 0.3) is 11.5 Å². The van der Waals surface area contributed by atoms with Gasteiger partial charge in [-0.1, -0.05) is 13.0 Å². The second-order valence-corrected chi connectivity index (χ2v) is 4.59. The van der Waals surface area contributed by atoms with Crippen LogP contribution in [0.5, 0.6) is 0 Å². The van der Waals surface area contributed by atoms with E-state index < -0.39 is 0 Å². The van der Waals surface area contributed by atoms with E-state index in [1.807, 2.05) is 29.8 Å². The molecule has 1 atom stereocenters. The fraction of sp³-hybridized carbons (Fsp3) is 0.417. The maximum Gasteiger partial charge on any atom is 0.221 e. The first-order valence-electron chi connectivity index (χ1n) is 5.85. The van der Waals surface area contributed by atoms with Gasteiger partial charge in [-0.3, -0.25) is 0 Å². The maximum absolute atomic E-state index is 4.49. The summed E-state index contributed by atoms with van der Waals surface area (Å²) >= 11 is 0. The van der Waals surface area contributed by atoms with Gasteiger partial charge >= 0.3 is 0 Å². The zero-order valence-corrected chi connectivity index (χ0v) is 10.0. The van der Waals surface area contributed by atoms with E-state index >= 15 is 0 Å². The Morgan fingerprint density at radius 3 is 3.06 bits per heavy atom. The van der Waals surface area contributed by atoms with E-state index in [1.54, 1.807) is 0 Å². The lowest BCUT2D eigenvalue weighted by molar-refractivity contribution is 0.444. The van der Waals surface area contributed by atoms with Crippen LogP contribution in [0.3, 0.4) is 0 Å². The SMILES string of the molecule is Cc1cccc(-c2nc3n(n2)CC(C)CN3)n1. The van der Waals surface area contributed by atoms with Crippen LogP contribution >= 0.6 is 0 Å². The number of hydrogen-bond donors (Lipinski definition) is 1. The molecule has 0 amide bonds. The molecule has 0 bridgehead atoms. The van der Waals surface area contributed by atoms with E-state index in [4.69, 9.17) is 0 Å². The van der Waals surface area contributed by atoms with Crippen molar-refractivity contribution >= 4 is 5.95 Å². The summed E-state index contributed by atoms with van der Waals surface area (Å²) in [7, 11) is 0. The van der Waals surface area contributed by atoms with Crippen LogP contribution in [0.4, 0.5) is 5.95 Å². The molecule has 0 aromatic carbocycles. The highest BCUT2D eigenvalue weighted by atomic mass is 15.4. The van der Waals surface area contributed by atoms with Gasteiger partial charge < -0.3 is 5.32 Å². The Morgan fingerprint density at radius 1 is 1.35 bits per heavy atom. The van der Waals surface area contributed by atoms with Gasteiger partial charge in [0.25, 0.3) is 0 Å². The van der Waals surface area contributed by atoms with Crippen molar-refractivity contribution in [2.75, 3.05) is 11.9 Å². The van der Waals surface area contributed by atoms with Crippen molar-refractivity contribution in [3.8, 4) is 11.5 Å². The molecule has 2 aromatic rings. The zero-order valence-electron chi connectivity index (χ0n) is 10.0. The average molecular weight is 229 g/mol. The predicted molar refractivity (Wildman–Crippen MR) is 65.6 cm³/mol. The van der Waals surface area contributed by atoms with Crippen molar-refractivity contribution in [2.45, 2.75) is 20.4 Å². The minimum Gasteiger partial charge on any atom is -0.354 e. The lowest BCUT2D eigenvalue weighted by Crippen LogP contribution is -2.25. The zero-order chi connectivity index (χ0) is 11.8. The molecular formula is C12H15N5. The summed E-state index contributed by atoms with van der Waals surface area (Å²) in [5.41, 5.74) is 1.82. The minimum atomic E-state index is 0.586. The van der Waals surface area contributed by atoms with Crippen LogP contribution in [0.2, 0.25) is 0 Å². The Bertz CT molecular complexity index is 546. The molecule has 1 aliphatic heterocycles. The molecule has 17 heavy (non-hydrogen) atoms. The van der Waals surface area contributed by atoms with Crippen molar-refractivity contribution in [1.29, 1.82) is 0 Å². The molecule has 0 saturated carbocycles. The topological polar surface area (TPSA) is 55.6 Å². The standard InChI is InChI=1S/C12H15N5/c1-8-6-13-12-15-11(16-17(12)7-8)10-5-3-4-9(2)14-10/h3-5,8H,6-7H2,1-2H3,(H,13,15,16). The van der Waals surface area contributed by atoms with Crippen LogP contribution in [0, 0.1) is 12.8 Å². The summed E-state index contributed by atoms with van der Waals surface area (Å²) in [4.78, 5) is 8.91. The highest BCUT2D eigenvalue weighted by Crippen LogP contribution is 2.20.